The Morgan fingerprint density at radius 1 is 1.15 bits per heavy atom. The molecule has 1 atom stereocenters. The molecule has 1 unspecified atom stereocenters. The SMILES string of the molecule is Cc1nc2c(OCC3CCCCC3)cccn2c1C(=O)NC(CNC(=O)OC(C)(C)C)c1ccc(F)cc1F. The van der Waals surface area contributed by atoms with Gasteiger partial charge < -0.3 is 20.1 Å². The molecular formula is C29H36F2N4O4. The Bertz CT molecular complexity index is 1330. The number of carbonyl (C=O) groups is 2. The molecule has 210 valence electrons. The van der Waals surface area contributed by atoms with E-state index in [0.29, 0.717) is 29.6 Å². The molecule has 2 amide bonds. The Balaban J connectivity index is 1.56. The first-order valence-electron chi connectivity index (χ1n) is 13.3. The molecule has 2 heterocycles. The summed E-state index contributed by atoms with van der Waals surface area (Å²) in [5.41, 5.74) is 0.489. The number of aryl methyl sites for hydroxylation is 1. The molecule has 1 aliphatic rings. The van der Waals surface area contributed by atoms with Crippen molar-refractivity contribution in [2.45, 2.75) is 71.4 Å². The van der Waals surface area contributed by atoms with Gasteiger partial charge in [0.05, 0.1) is 18.3 Å². The molecule has 0 spiro atoms. The van der Waals surface area contributed by atoms with Gasteiger partial charge in [-0.2, -0.15) is 0 Å². The fraction of sp³-hybridized carbons (Fsp3) is 0.483. The second-order valence-electron chi connectivity index (χ2n) is 11.0. The number of ether oxygens (including phenoxy) is 2. The van der Waals surface area contributed by atoms with Gasteiger partial charge in [0.1, 0.15) is 22.9 Å². The van der Waals surface area contributed by atoms with E-state index in [4.69, 9.17) is 9.47 Å². The van der Waals surface area contributed by atoms with E-state index in [1.807, 2.05) is 6.07 Å². The van der Waals surface area contributed by atoms with Gasteiger partial charge in [0.25, 0.3) is 5.91 Å². The molecule has 0 bridgehead atoms. The molecule has 2 aromatic heterocycles. The summed E-state index contributed by atoms with van der Waals surface area (Å²) in [6.07, 6.45) is 6.96. The van der Waals surface area contributed by atoms with Crippen LogP contribution in [0, 0.1) is 24.5 Å². The quantitative estimate of drug-likeness (QED) is 0.371. The summed E-state index contributed by atoms with van der Waals surface area (Å²) in [4.78, 5) is 30.4. The number of rotatable bonds is 8. The van der Waals surface area contributed by atoms with Gasteiger partial charge in [-0.3, -0.25) is 9.20 Å². The summed E-state index contributed by atoms with van der Waals surface area (Å²) in [6, 6.07) is 5.67. The molecule has 1 saturated carbocycles. The molecule has 8 nitrogen and oxygen atoms in total. The van der Waals surface area contributed by atoms with Crippen LogP contribution in [0.5, 0.6) is 5.75 Å². The Hall–Kier alpha value is -3.69. The lowest BCUT2D eigenvalue weighted by atomic mass is 9.90. The van der Waals surface area contributed by atoms with Gasteiger partial charge in [-0.25, -0.2) is 18.6 Å². The number of aromatic nitrogens is 2. The van der Waals surface area contributed by atoms with Crippen LogP contribution < -0.4 is 15.4 Å². The van der Waals surface area contributed by atoms with Gasteiger partial charge >= 0.3 is 6.09 Å². The number of hydrogen-bond donors (Lipinski definition) is 2. The zero-order chi connectivity index (χ0) is 28.2. The van der Waals surface area contributed by atoms with Crippen LogP contribution in [0.15, 0.2) is 36.5 Å². The third kappa shape index (κ3) is 7.25. The Labute approximate surface area is 227 Å². The number of pyridine rings is 1. The van der Waals surface area contributed by atoms with Gasteiger partial charge in [-0.1, -0.05) is 25.3 Å². The van der Waals surface area contributed by atoms with Crippen molar-refractivity contribution in [1.29, 1.82) is 0 Å². The zero-order valence-corrected chi connectivity index (χ0v) is 22.9. The van der Waals surface area contributed by atoms with Gasteiger partial charge in [0.2, 0.25) is 0 Å². The number of imidazole rings is 1. The second kappa shape index (κ2) is 12.0. The lowest BCUT2D eigenvalue weighted by molar-refractivity contribution is 0.0519. The van der Waals surface area contributed by atoms with Crippen molar-refractivity contribution in [1.82, 2.24) is 20.0 Å². The Morgan fingerprint density at radius 2 is 1.90 bits per heavy atom. The summed E-state index contributed by atoms with van der Waals surface area (Å²) < 4.78 is 41.4. The van der Waals surface area contributed by atoms with Crippen molar-refractivity contribution in [3.63, 3.8) is 0 Å². The van der Waals surface area contributed by atoms with E-state index in [-0.39, 0.29) is 17.8 Å². The minimum atomic E-state index is -1.01. The van der Waals surface area contributed by atoms with E-state index in [1.165, 1.54) is 25.3 Å². The van der Waals surface area contributed by atoms with Gasteiger partial charge in [0, 0.05) is 24.4 Å². The first kappa shape index (κ1) is 28.3. The molecule has 1 aliphatic carbocycles. The van der Waals surface area contributed by atoms with Crippen LogP contribution in [0.3, 0.4) is 0 Å². The van der Waals surface area contributed by atoms with Crippen LogP contribution >= 0.6 is 0 Å². The van der Waals surface area contributed by atoms with E-state index in [2.05, 4.69) is 15.6 Å². The lowest BCUT2D eigenvalue weighted by Crippen LogP contribution is -2.40. The van der Waals surface area contributed by atoms with E-state index in [1.54, 1.807) is 44.4 Å². The number of benzene rings is 1. The summed E-state index contributed by atoms with van der Waals surface area (Å²) in [6.45, 7) is 7.26. The molecule has 39 heavy (non-hydrogen) atoms. The van der Waals surface area contributed by atoms with Crippen LogP contribution in [-0.4, -0.2) is 40.1 Å². The molecule has 0 saturated heterocycles. The monoisotopic (exact) mass is 542 g/mol. The average molecular weight is 543 g/mol. The third-order valence-electron chi connectivity index (χ3n) is 6.70. The fourth-order valence-electron chi connectivity index (χ4n) is 4.85. The van der Waals surface area contributed by atoms with E-state index in [9.17, 15) is 18.4 Å². The molecule has 2 N–H and O–H groups in total. The average Bonchev–Trinajstić information content (AvgIpc) is 3.21. The minimum Gasteiger partial charge on any atom is -0.489 e. The number of hydrogen-bond acceptors (Lipinski definition) is 5. The van der Waals surface area contributed by atoms with E-state index < -0.39 is 35.3 Å². The first-order valence-corrected chi connectivity index (χ1v) is 13.3. The largest absolute Gasteiger partial charge is 0.489 e. The number of nitrogens with one attached hydrogen (secondary N) is 2. The summed E-state index contributed by atoms with van der Waals surface area (Å²) >= 11 is 0. The number of nitrogens with zero attached hydrogens (tertiary/aromatic N) is 2. The highest BCUT2D eigenvalue weighted by atomic mass is 19.1. The normalized spacial score (nSPS) is 15.1. The highest BCUT2D eigenvalue weighted by Gasteiger charge is 2.26. The number of halogens is 2. The van der Waals surface area contributed by atoms with Gasteiger partial charge in [-0.05, 0) is 64.7 Å². The van der Waals surface area contributed by atoms with Crippen molar-refractivity contribution in [2.75, 3.05) is 13.2 Å². The van der Waals surface area contributed by atoms with Gasteiger partial charge in [-0.15, -0.1) is 0 Å². The molecule has 10 heteroatoms. The van der Waals surface area contributed by atoms with Crippen molar-refractivity contribution in [3.8, 4) is 5.75 Å². The standard InChI is InChI=1S/C29H36F2N4O4/c1-18-25(35-14-8-11-24(26(35)33-18)38-17-19-9-6-5-7-10-19)27(36)34-23(16-32-28(37)39-29(2,3)4)21-13-12-20(30)15-22(21)31/h8,11-15,19,23H,5-7,9-10,16-17H2,1-4H3,(H,32,37)(H,34,36). The second-order valence-corrected chi connectivity index (χ2v) is 11.0. The van der Waals surface area contributed by atoms with Crippen LogP contribution in [0.2, 0.25) is 0 Å². The number of amides is 2. The maximum absolute atomic E-state index is 14.7. The smallest absolute Gasteiger partial charge is 0.407 e. The van der Waals surface area contributed by atoms with Gasteiger partial charge in [0.15, 0.2) is 11.4 Å². The van der Waals surface area contributed by atoms with Crippen molar-refractivity contribution in [2.24, 2.45) is 5.92 Å². The fourth-order valence-corrected chi connectivity index (χ4v) is 4.85. The predicted octanol–water partition coefficient (Wildman–Crippen LogP) is 5.88. The molecule has 1 fully saturated rings. The lowest BCUT2D eigenvalue weighted by Gasteiger charge is -2.23. The summed E-state index contributed by atoms with van der Waals surface area (Å²) in [5, 5.41) is 5.34. The molecule has 1 aromatic carbocycles. The van der Waals surface area contributed by atoms with Crippen LogP contribution in [0.25, 0.3) is 5.65 Å². The van der Waals surface area contributed by atoms with E-state index >= 15 is 0 Å². The number of fused-ring (bicyclic) bond motifs is 1. The number of alkyl carbamates (subject to hydrolysis) is 1. The summed E-state index contributed by atoms with van der Waals surface area (Å²) in [5.74, 6) is -1.05. The molecule has 0 aliphatic heterocycles. The minimum absolute atomic E-state index is 0.0174. The van der Waals surface area contributed by atoms with Crippen LogP contribution in [-0.2, 0) is 4.74 Å². The van der Waals surface area contributed by atoms with Crippen LogP contribution in [0.4, 0.5) is 13.6 Å². The van der Waals surface area contributed by atoms with Crippen molar-refractivity contribution < 1.29 is 27.8 Å². The summed E-state index contributed by atoms with van der Waals surface area (Å²) in [7, 11) is 0. The number of carbonyl (C=O) groups excluding carboxylic acids is 2. The molecule has 4 rings (SSSR count). The topological polar surface area (TPSA) is 94.0 Å². The molecule has 0 radical (unpaired) electrons. The highest BCUT2D eigenvalue weighted by molar-refractivity contribution is 5.95. The third-order valence-corrected chi connectivity index (χ3v) is 6.70. The maximum atomic E-state index is 14.7. The van der Waals surface area contributed by atoms with Crippen molar-refractivity contribution in [3.05, 3.63) is 65.1 Å². The first-order chi connectivity index (χ1) is 18.5. The Morgan fingerprint density at radius 3 is 2.59 bits per heavy atom. The zero-order valence-electron chi connectivity index (χ0n) is 22.9. The molecule has 3 aromatic rings. The van der Waals surface area contributed by atoms with E-state index in [0.717, 1.165) is 25.0 Å². The highest BCUT2D eigenvalue weighted by Crippen LogP contribution is 2.27. The van der Waals surface area contributed by atoms with Crippen molar-refractivity contribution >= 4 is 17.6 Å². The molecular weight excluding hydrogens is 506 g/mol. The predicted molar refractivity (Wildman–Crippen MR) is 143 cm³/mol. The van der Waals surface area contributed by atoms with Crippen LogP contribution in [0.1, 0.15) is 80.7 Å². The maximum Gasteiger partial charge on any atom is 0.407 e. The Kier molecular flexibility index (Phi) is 8.72.